The molecule has 0 radical (unpaired) electrons. The topological polar surface area (TPSA) is 89.5 Å². The van der Waals surface area contributed by atoms with Gasteiger partial charge in [0.2, 0.25) is 5.91 Å². The fraction of sp³-hybridized carbons (Fsp3) is 0.160. The number of nitrogens with one attached hydrogen (secondary N) is 2. The van der Waals surface area contributed by atoms with Gasteiger partial charge in [-0.05, 0) is 61.0 Å². The fourth-order valence-electron chi connectivity index (χ4n) is 3.23. The first-order chi connectivity index (χ1) is 16.4. The lowest BCUT2D eigenvalue weighted by Crippen LogP contribution is -2.14. The molecule has 0 fully saturated rings. The maximum Gasteiger partial charge on any atom is 0.255 e. The Balaban J connectivity index is 1.35. The largest absolute Gasteiger partial charge is 0.493 e. The number of hydrogen-bond acceptors (Lipinski definition) is 7. The molecule has 0 aliphatic heterocycles. The minimum Gasteiger partial charge on any atom is -0.493 e. The van der Waals surface area contributed by atoms with Crippen molar-refractivity contribution in [3.05, 3.63) is 71.8 Å². The van der Waals surface area contributed by atoms with Crippen molar-refractivity contribution in [1.29, 1.82) is 0 Å². The number of carbonyl (C=O) groups is 2. The molecular formula is C25H23N3O4S2. The second-order valence-electron chi connectivity index (χ2n) is 7.38. The molecule has 0 saturated heterocycles. The number of nitrogens with zero attached hydrogens (tertiary/aromatic N) is 1. The molecule has 4 rings (SSSR count). The number of amides is 2. The van der Waals surface area contributed by atoms with Gasteiger partial charge in [0.05, 0.1) is 30.2 Å². The van der Waals surface area contributed by atoms with Gasteiger partial charge in [-0.15, -0.1) is 11.8 Å². The number of aromatic nitrogens is 1. The minimum atomic E-state index is -0.271. The third kappa shape index (κ3) is 5.67. The number of aryl methyl sites for hydroxylation is 1. The molecule has 34 heavy (non-hydrogen) atoms. The summed E-state index contributed by atoms with van der Waals surface area (Å²) >= 11 is 2.84. The highest BCUT2D eigenvalue weighted by atomic mass is 32.2. The molecule has 0 saturated carbocycles. The van der Waals surface area contributed by atoms with E-state index in [1.165, 1.54) is 30.2 Å². The third-order valence-corrected chi connectivity index (χ3v) is 6.83. The first-order valence-corrected chi connectivity index (χ1v) is 12.2. The van der Waals surface area contributed by atoms with Crippen molar-refractivity contribution >= 4 is 55.9 Å². The number of thioether (sulfide) groups is 1. The highest BCUT2D eigenvalue weighted by Crippen LogP contribution is 2.29. The lowest BCUT2D eigenvalue weighted by Gasteiger charge is -2.10. The van der Waals surface area contributed by atoms with Crippen LogP contribution in [0.4, 0.5) is 10.8 Å². The Morgan fingerprint density at radius 1 is 0.971 bits per heavy atom. The van der Waals surface area contributed by atoms with Crippen molar-refractivity contribution in [2.45, 2.75) is 11.8 Å². The van der Waals surface area contributed by atoms with Crippen molar-refractivity contribution in [1.82, 2.24) is 4.98 Å². The number of thiazole rings is 1. The molecule has 174 valence electrons. The van der Waals surface area contributed by atoms with Gasteiger partial charge in [-0.2, -0.15) is 0 Å². The van der Waals surface area contributed by atoms with E-state index in [9.17, 15) is 9.59 Å². The van der Waals surface area contributed by atoms with E-state index in [1.807, 2.05) is 37.3 Å². The van der Waals surface area contributed by atoms with E-state index in [4.69, 9.17) is 9.47 Å². The molecule has 7 nitrogen and oxygen atoms in total. The van der Waals surface area contributed by atoms with Crippen LogP contribution in [0.25, 0.3) is 10.2 Å². The zero-order chi connectivity index (χ0) is 24.1. The third-order valence-electron chi connectivity index (χ3n) is 4.90. The van der Waals surface area contributed by atoms with Gasteiger partial charge < -0.3 is 20.1 Å². The second-order valence-corrected chi connectivity index (χ2v) is 9.46. The van der Waals surface area contributed by atoms with Gasteiger partial charge >= 0.3 is 0 Å². The molecule has 2 amide bonds. The maximum atomic E-state index is 12.7. The average Bonchev–Trinajstić information content (AvgIpc) is 3.23. The summed E-state index contributed by atoms with van der Waals surface area (Å²) < 4.78 is 11.5. The van der Waals surface area contributed by atoms with Crippen LogP contribution in [0.3, 0.4) is 0 Å². The lowest BCUT2D eigenvalue weighted by atomic mass is 10.2. The Bertz CT molecular complexity index is 1350. The average molecular weight is 494 g/mol. The van der Waals surface area contributed by atoms with E-state index in [2.05, 4.69) is 21.7 Å². The van der Waals surface area contributed by atoms with Crippen LogP contribution in [-0.4, -0.2) is 36.8 Å². The number of rotatable bonds is 8. The van der Waals surface area contributed by atoms with Crippen molar-refractivity contribution in [2.24, 2.45) is 0 Å². The normalized spacial score (nSPS) is 10.7. The van der Waals surface area contributed by atoms with Gasteiger partial charge in [0.15, 0.2) is 16.6 Å². The summed E-state index contributed by atoms with van der Waals surface area (Å²) in [4.78, 5) is 30.4. The maximum absolute atomic E-state index is 12.7. The first-order valence-electron chi connectivity index (χ1n) is 10.4. The van der Waals surface area contributed by atoms with Gasteiger partial charge in [-0.25, -0.2) is 4.98 Å². The highest BCUT2D eigenvalue weighted by Gasteiger charge is 2.12. The minimum absolute atomic E-state index is 0.138. The van der Waals surface area contributed by atoms with Crippen molar-refractivity contribution in [2.75, 3.05) is 30.6 Å². The van der Waals surface area contributed by atoms with E-state index < -0.39 is 0 Å². The number of benzene rings is 3. The Labute approximate surface area is 205 Å². The van der Waals surface area contributed by atoms with Crippen molar-refractivity contribution in [3.63, 3.8) is 0 Å². The van der Waals surface area contributed by atoms with Gasteiger partial charge in [-0.3, -0.25) is 9.59 Å². The van der Waals surface area contributed by atoms with E-state index in [-0.39, 0.29) is 17.6 Å². The molecule has 0 aliphatic rings. The quantitative estimate of drug-likeness (QED) is 0.310. The molecule has 0 aliphatic carbocycles. The molecule has 0 bridgehead atoms. The number of fused-ring (bicyclic) bond motifs is 1. The summed E-state index contributed by atoms with van der Waals surface area (Å²) in [7, 11) is 3.06. The van der Waals surface area contributed by atoms with Crippen LogP contribution in [0, 0.1) is 6.92 Å². The SMILES string of the molecule is COc1ccc(C(=O)Nc2cccc(SCC(=O)Nc3nc4ccc(C)cc4s3)c2)cc1OC. The van der Waals surface area contributed by atoms with E-state index in [0.717, 1.165) is 20.7 Å². The molecule has 4 aromatic rings. The summed E-state index contributed by atoms with van der Waals surface area (Å²) in [5.41, 5.74) is 3.10. The van der Waals surface area contributed by atoms with Crippen LogP contribution in [0.5, 0.6) is 11.5 Å². The monoisotopic (exact) mass is 493 g/mol. The Morgan fingerprint density at radius 2 is 1.79 bits per heavy atom. The standard InChI is InChI=1S/C25H23N3O4S2/c1-15-7-9-19-22(11-15)34-25(27-19)28-23(29)14-33-18-6-4-5-17(13-18)26-24(30)16-8-10-20(31-2)21(12-16)32-3/h4-13H,14H2,1-3H3,(H,26,30)(H,27,28,29). The second kappa shape index (κ2) is 10.6. The van der Waals surface area contributed by atoms with Crippen molar-refractivity contribution < 1.29 is 19.1 Å². The van der Waals surface area contributed by atoms with Crippen LogP contribution >= 0.6 is 23.1 Å². The number of hydrogen-bond donors (Lipinski definition) is 2. The van der Waals surface area contributed by atoms with Crippen LogP contribution in [0.2, 0.25) is 0 Å². The summed E-state index contributed by atoms with van der Waals surface area (Å²) in [6, 6.07) is 18.3. The Hall–Kier alpha value is -3.56. The summed E-state index contributed by atoms with van der Waals surface area (Å²) in [6.45, 7) is 2.03. The van der Waals surface area contributed by atoms with Crippen LogP contribution in [-0.2, 0) is 4.79 Å². The number of carbonyl (C=O) groups excluding carboxylic acids is 2. The van der Waals surface area contributed by atoms with Crippen molar-refractivity contribution in [3.8, 4) is 11.5 Å². The fourth-order valence-corrected chi connectivity index (χ4v) is 4.97. The summed E-state index contributed by atoms with van der Waals surface area (Å²) in [5, 5.41) is 6.33. The Kier molecular flexibility index (Phi) is 7.34. The predicted molar refractivity (Wildman–Crippen MR) is 138 cm³/mol. The molecule has 2 N–H and O–H groups in total. The molecular weight excluding hydrogens is 470 g/mol. The lowest BCUT2D eigenvalue weighted by molar-refractivity contribution is -0.113. The molecule has 0 unspecified atom stereocenters. The first kappa shape index (κ1) is 23.6. The van der Waals surface area contributed by atoms with Crippen LogP contribution in [0.1, 0.15) is 15.9 Å². The predicted octanol–water partition coefficient (Wildman–Crippen LogP) is 5.61. The smallest absolute Gasteiger partial charge is 0.255 e. The number of anilines is 2. The molecule has 9 heteroatoms. The van der Waals surface area contributed by atoms with Gasteiger partial charge in [0, 0.05) is 16.1 Å². The number of ether oxygens (including phenoxy) is 2. The van der Waals surface area contributed by atoms with Gasteiger partial charge in [-0.1, -0.05) is 23.5 Å². The summed E-state index contributed by atoms with van der Waals surface area (Å²) in [6.07, 6.45) is 0. The molecule has 1 aromatic heterocycles. The Morgan fingerprint density at radius 3 is 2.59 bits per heavy atom. The highest BCUT2D eigenvalue weighted by molar-refractivity contribution is 8.00. The van der Waals surface area contributed by atoms with E-state index in [1.54, 1.807) is 31.4 Å². The molecule has 1 heterocycles. The van der Waals surface area contributed by atoms with Gasteiger partial charge in [0.1, 0.15) is 0 Å². The molecule has 0 atom stereocenters. The zero-order valence-electron chi connectivity index (χ0n) is 18.9. The van der Waals surface area contributed by atoms with Crippen LogP contribution < -0.4 is 20.1 Å². The van der Waals surface area contributed by atoms with E-state index >= 15 is 0 Å². The zero-order valence-corrected chi connectivity index (χ0v) is 20.5. The van der Waals surface area contributed by atoms with E-state index in [0.29, 0.717) is 27.9 Å². The number of methoxy groups -OCH3 is 2. The summed E-state index contributed by atoms with van der Waals surface area (Å²) in [5.74, 6) is 0.847. The van der Waals surface area contributed by atoms with Gasteiger partial charge in [0.25, 0.3) is 5.91 Å². The molecule has 0 spiro atoms. The molecule has 3 aromatic carbocycles. The van der Waals surface area contributed by atoms with Crippen LogP contribution in [0.15, 0.2) is 65.6 Å².